The van der Waals surface area contributed by atoms with E-state index in [-0.39, 0.29) is 10.8 Å². The van der Waals surface area contributed by atoms with Gasteiger partial charge in [-0.1, -0.05) is 24.0 Å². The molecule has 0 atom stereocenters. The second kappa shape index (κ2) is 7.11. The molecule has 0 amide bonds. The number of pyridine rings is 1. The molecule has 0 spiro atoms. The van der Waals surface area contributed by atoms with Gasteiger partial charge in [-0.05, 0) is 25.1 Å². The molecule has 0 radical (unpaired) electrons. The van der Waals surface area contributed by atoms with Crippen molar-refractivity contribution in [3.8, 4) is 23.1 Å². The lowest BCUT2D eigenvalue weighted by molar-refractivity contribution is 0.602. The Hall–Kier alpha value is -3.57. The summed E-state index contributed by atoms with van der Waals surface area (Å²) < 4.78 is 23.4. The van der Waals surface area contributed by atoms with E-state index in [1.165, 1.54) is 6.26 Å². The topological polar surface area (TPSA) is 111 Å². The van der Waals surface area contributed by atoms with Crippen LogP contribution in [0.15, 0.2) is 46.4 Å². The second-order valence-corrected chi connectivity index (χ2v) is 8.68. The molecule has 144 valence electrons. The highest BCUT2D eigenvalue weighted by Crippen LogP contribution is 2.25. The van der Waals surface area contributed by atoms with Gasteiger partial charge in [-0.15, -0.1) is 0 Å². The summed E-state index contributed by atoms with van der Waals surface area (Å²) in [6.07, 6.45) is 4.68. The number of nitrogen functional groups attached to an aromatic ring is 1. The first kappa shape index (κ1) is 18.8. The Morgan fingerprint density at radius 3 is 2.59 bits per heavy atom. The molecule has 3 aromatic rings. The minimum Gasteiger partial charge on any atom is -0.368 e. The number of aromatic nitrogens is 3. The van der Waals surface area contributed by atoms with Crippen molar-refractivity contribution in [2.75, 3.05) is 12.0 Å². The summed E-state index contributed by atoms with van der Waals surface area (Å²) in [6, 6.07) is 8.41. The quantitative estimate of drug-likeness (QED) is 0.657. The molecule has 29 heavy (non-hydrogen) atoms. The molecular weight excluding hydrogens is 386 g/mol. The van der Waals surface area contributed by atoms with Crippen LogP contribution in [0.2, 0.25) is 0 Å². The van der Waals surface area contributed by atoms with Crippen LogP contribution in [-0.4, -0.2) is 35.8 Å². The minimum atomic E-state index is -3.28. The zero-order valence-electron chi connectivity index (χ0n) is 15.8. The zero-order chi connectivity index (χ0) is 20.6. The number of hydrogen-bond acceptors (Lipinski definition) is 7. The van der Waals surface area contributed by atoms with Crippen LogP contribution in [0.4, 0.5) is 5.95 Å². The van der Waals surface area contributed by atoms with Gasteiger partial charge in [-0.3, -0.25) is 9.98 Å². The Kier molecular flexibility index (Phi) is 4.60. The van der Waals surface area contributed by atoms with E-state index in [1.807, 2.05) is 13.0 Å². The summed E-state index contributed by atoms with van der Waals surface area (Å²) in [5.74, 6) is 6.36. The van der Waals surface area contributed by atoms with E-state index in [4.69, 9.17) is 5.73 Å². The maximum atomic E-state index is 11.7. The number of nitrogens with two attached hydrogens (primary N) is 1. The molecule has 4 rings (SSSR count). The molecule has 0 unspecified atom stereocenters. The number of benzene rings is 1. The Bertz CT molecular complexity index is 1320. The molecule has 1 aromatic carbocycles. The first-order valence-corrected chi connectivity index (χ1v) is 10.7. The number of aryl methyl sites for hydroxylation is 1. The molecule has 2 N–H and O–H groups in total. The third-order valence-corrected chi connectivity index (χ3v) is 5.60. The maximum Gasteiger partial charge on any atom is 0.220 e. The first-order valence-electron chi connectivity index (χ1n) is 8.76. The second-order valence-electron chi connectivity index (χ2n) is 6.67. The number of aliphatic imine (C=N–C) groups is 1. The third-order valence-electron chi connectivity index (χ3n) is 4.47. The van der Waals surface area contributed by atoms with Crippen molar-refractivity contribution >= 4 is 22.0 Å². The maximum absolute atomic E-state index is 11.7. The summed E-state index contributed by atoms with van der Waals surface area (Å²) >= 11 is 0. The Morgan fingerprint density at radius 2 is 1.86 bits per heavy atom. The van der Waals surface area contributed by atoms with Crippen LogP contribution < -0.4 is 5.73 Å². The minimum absolute atomic E-state index is 0.130. The molecule has 7 nitrogen and oxygen atoms in total. The molecule has 8 heteroatoms. The number of sulfone groups is 1. The van der Waals surface area contributed by atoms with Gasteiger partial charge >= 0.3 is 0 Å². The van der Waals surface area contributed by atoms with E-state index >= 15 is 0 Å². The van der Waals surface area contributed by atoms with Gasteiger partial charge in [0.15, 0.2) is 9.84 Å². The van der Waals surface area contributed by atoms with Crippen molar-refractivity contribution in [2.24, 2.45) is 4.99 Å². The predicted octanol–water partition coefficient (Wildman–Crippen LogP) is 2.17. The molecular formula is C21H17N5O2S. The lowest BCUT2D eigenvalue weighted by Crippen LogP contribution is -2.03. The number of nitrogens with zero attached hydrogens (tertiary/aromatic N) is 4. The van der Waals surface area contributed by atoms with Crippen LogP contribution in [0, 0.1) is 18.8 Å². The van der Waals surface area contributed by atoms with Crippen molar-refractivity contribution in [1.82, 2.24) is 15.0 Å². The number of anilines is 1. The van der Waals surface area contributed by atoms with E-state index < -0.39 is 9.84 Å². The fraction of sp³-hybridized carbons (Fsp3) is 0.143. The fourth-order valence-corrected chi connectivity index (χ4v) is 3.63. The largest absolute Gasteiger partial charge is 0.368 e. The van der Waals surface area contributed by atoms with Crippen LogP contribution in [0.5, 0.6) is 0 Å². The van der Waals surface area contributed by atoms with Crippen LogP contribution in [-0.2, 0) is 16.4 Å². The molecule has 0 saturated heterocycles. The molecule has 0 bridgehead atoms. The summed E-state index contributed by atoms with van der Waals surface area (Å²) in [5, 5.41) is 0. The lowest BCUT2D eigenvalue weighted by Gasteiger charge is -2.08. The van der Waals surface area contributed by atoms with Crippen LogP contribution in [0.25, 0.3) is 11.3 Å². The number of fused-ring (bicyclic) bond motifs is 1. The predicted molar refractivity (Wildman–Crippen MR) is 111 cm³/mol. The fourth-order valence-electron chi connectivity index (χ4n) is 3.00. The molecule has 0 fully saturated rings. The van der Waals surface area contributed by atoms with Gasteiger partial charge < -0.3 is 5.73 Å². The van der Waals surface area contributed by atoms with Crippen LogP contribution >= 0.6 is 0 Å². The first-order chi connectivity index (χ1) is 13.8. The summed E-state index contributed by atoms with van der Waals surface area (Å²) in [4.78, 5) is 17.4. The smallest absolute Gasteiger partial charge is 0.220 e. The van der Waals surface area contributed by atoms with Crippen LogP contribution in [0.3, 0.4) is 0 Å². The average Bonchev–Trinajstić information content (AvgIpc) is 3.14. The van der Waals surface area contributed by atoms with E-state index in [0.717, 1.165) is 16.8 Å². The summed E-state index contributed by atoms with van der Waals surface area (Å²) in [7, 11) is -3.28. The highest BCUT2D eigenvalue weighted by atomic mass is 32.2. The monoisotopic (exact) mass is 403 g/mol. The Labute approximate surface area is 168 Å². The van der Waals surface area contributed by atoms with E-state index in [9.17, 15) is 8.42 Å². The van der Waals surface area contributed by atoms with Gasteiger partial charge in [0.1, 0.15) is 0 Å². The van der Waals surface area contributed by atoms with Gasteiger partial charge in [-0.25, -0.2) is 18.4 Å². The molecule has 2 aromatic heterocycles. The third kappa shape index (κ3) is 3.86. The average molecular weight is 403 g/mol. The van der Waals surface area contributed by atoms with Crippen molar-refractivity contribution in [1.29, 1.82) is 0 Å². The van der Waals surface area contributed by atoms with Crippen LogP contribution in [0.1, 0.15) is 28.1 Å². The van der Waals surface area contributed by atoms with E-state index in [1.54, 1.807) is 36.7 Å². The van der Waals surface area contributed by atoms with Crippen molar-refractivity contribution in [2.45, 2.75) is 18.4 Å². The van der Waals surface area contributed by atoms with Gasteiger partial charge in [0, 0.05) is 35.4 Å². The van der Waals surface area contributed by atoms with E-state index in [0.29, 0.717) is 29.1 Å². The zero-order valence-corrected chi connectivity index (χ0v) is 16.7. The van der Waals surface area contributed by atoms with Gasteiger partial charge in [0.25, 0.3) is 0 Å². The number of rotatable bonds is 2. The SMILES string of the molecule is Cc1nc(N)nc(-c2ccc(S(C)(=O)=O)cc2)c1C#Cc1cnc2c(c1)C=NC2. The van der Waals surface area contributed by atoms with Gasteiger partial charge in [-0.2, -0.15) is 0 Å². The number of hydrogen-bond donors (Lipinski definition) is 1. The molecule has 3 heterocycles. The normalized spacial score (nSPS) is 12.3. The molecule has 1 aliphatic heterocycles. The standard InChI is InChI=1S/C21H17N5O2S/c1-13-18(8-3-14-9-16-11-23-12-19(16)24-10-14)20(26-21(22)25-13)15-4-6-17(7-5-15)29(2,27)28/h4-7,9-11H,12H2,1-2H3,(H2,22,25,26). The molecule has 0 saturated carbocycles. The Morgan fingerprint density at radius 1 is 1.10 bits per heavy atom. The highest BCUT2D eigenvalue weighted by molar-refractivity contribution is 7.90. The van der Waals surface area contributed by atoms with Crippen molar-refractivity contribution < 1.29 is 8.42 Å². The molecule has 0 aliphatic carbocycles. The van der Waals surface area contributed by atoms with E-state index in [2.05, 4.69) is 31.8 Å². The van der Waals surface area contributed by atoms with Crippen molar-refractivity contribution in [3.05, 3.63) is 64.6 Å². The lowest BCUT2D eigenvalue weighted by atomic mass is 10.0. The van der Waals surface area contributed by atoms with Gasteiger partial charge in [0.05, 0.1) is 34.1 Å². The summed E-state index contributed by atoms with van der Waals surface area (Å²) in [5.41, 5.74) is 11.0. The van der Waals surface area contributed by atoms with Gasteiger partial charge in [0.2, 0.25) is 5.95 Å². The summed E-state index contributed by atoms with van der Waals surface area (Å²) in [6.45, 7) is 2.41. The highest BCUT2D eigenvalue weighted by Gasteiger charge is 2.13. The van der Waals surface area contributed by atoms with Crippen molar-refractivity contribution in [3.63, 3.8) is 0 Å². The molecule has 1 aliphatic rings. The Balaban J connectivity index is 1.78.